The van der Waals surface area contributed by atoms with Gasteiger partial charge < -0.3 is 15.1 Å². The van der Waals surface area contributed by atoms with Crippen LogP contribution in [0.5, 0.6) is 0 Å². The summed E-state index contributed by atoms with van der Waals surface area (Å²) in [6, 6.07) is 14.2. The Labute approximate surface area is 182 Å². The molecular weight excluding hydrogens is 465 g/mol. The van der Waals surface area contributed by atoms with Crippen LogP contribution in [-0.4, -0.2) is 22.5 Å². The number of aryl methyl sites for hydroxylation is 2. The van der Waals surface area contributed by atoms with Gasteiger partial charge in [-0.1, -0.05) is 24.3 Å². The van der Waals surface area contributed by atoms with E-state index in [0.29, 0.717) is 19.0 Å². The molecule has 0 unspecified atom stereocenters. The molecule has 7 heteroatoms. The highest BCUT2D eigenvalue weighted by Gasteiger charge is 2.06. The van der Waals surface area contributed by atoms with Crippen LogP contribution in [0.3, 0.4) is 0 Å². The second kappa shape index (κ2) is 10.8. The molecule has 0 radical (unpaired) electrons. The topological polar surface area (TPSA) is 75.3 Å². The van der Waals surface area contributed by atoms with Crippen molar-refractivity contribution in [3.05, 3.63) is 71.6 Å². The average molecular weight is 491 g/mol. The van der Waals surface area contributed by atoms with Crippen molar-refractivity contribution in [2.24, 2.45) is 4.99 Å². The van der Waals surface area contributed by atoms with Crippen LogP contribution in [0.15, 0.2) is 58.1 Å². The summed E-state index contributed by atoms with van der Waals surface area (Å²) < 4.78 is 5.61. The first-order chi connectivity index (χ1) is 13.2. The summed E-state index contributed by atoms with van der Waals surface area (Å²) in [5, 5.41) is 6.51. The Hall–Kier alpha value is -2.42. The van der Waals surface area contributed by atoms with Crippen molar-refractivity contribution in [1.82, 2.24) is 20.6 Å². The fourth-order valence-corrected chi connectivity index (χ4v) is 2.65. The quantitative estimate of drug-likeness (QED) is 0.307. The first kappa shape index (κ1) is 21.9. The van der Waals surface area contributed by atoms with Crippen molar-refractivity contribution in [2.75, 3.05) is 6.54 Å². The third kappa shape index (κ3) is 6.05. The summed E-state index contributed by atoms with van der Waals surface area (Å²) in [4.78, 5) is 13.5. The number of nitrogens with zero attached hydrogens (tertiary/aromatic N) is 3. The molecule has 0 aliphatic heterocycles. The molecule has 6 nitrogen and oxygen atoms in total. The zero-order valence-corrected chi connectivity index (χ0v) is 18.7. The molecule has 0 aliphatic rings. The standard InChI is InChI=1S/C21H25N5O.HI/c1-4-22-21(25-14-20-26-15(2)16(3)27-20)24-13-17-8-7-9-18(12-17)19-10-5-6-11-23-19;/h5-12H,4,13-14H2,1-3H3,(H2,22,24,25);1H. The lowest BCUT2D eigenvalue weighted by molar-refractivity contribution is 0.463. The molecule has 0 saturated heterocycles. The number of hydrogen-bond donors (Lipinski definition) is 2. The van der Waals surface area contributed by atoms with Crippen molar-refractivity contribution >= 4 is 29.9 Å². The number of aromatic nitrogens is 2. The van der Waals surface area contributed by atoms with E-state index in [9.17, 15) is 0 Å². The highest BCUT2D eigenvalue weighted by molar-refractivity contribution is 14.0. The minimum atomic E-state index is 0. The van der Waals surface area contributed by atoms with Gasteiger partial charge >= 0.3 is 0 Å². The molecule has 0 bridgehead atoms. The van der Waals surface area contributed by atoms with Gasteiger partial charge in [0, 0.05) is 18.3 Å². The van der Waals surface area contributed by atoms with Crippen LogP contribution < -0.4 is 10.6 Å². The molecular formula is C21H26IN5O. The van der Waals surface area contributed by atoms with E-state index in [0.717, 1.165) is 40.8 Å². The van der Waals surface area contributed by atoms with E-state index >= 15 is 0 Å². The Kier molecular flexibility index (Phi) is 8.43. The van der Waals surface area contributed by atoms with Crippen molar-refractivity contribution in [2.45, 2.75) is 33.9 Å². The first-order valence-corrected chi connectivity index (χ1v) is 9.11. The van der Waals surface area contributed by atoms with E-state index < -0.39 is 0 Å². The molecule has 0 amide bonds. The first-order valence-electron chi connectivity index (χ1n) is 9.11. The number of pyridine rings is 1. The number of oxazole rings is 1. The summed E-state index contributed by atoms with van der Waals surface area (Å²) >= 11 is 0. The lowest BCUT2D eigenvalue weighted by Gasteiger charge is -2.10. The third-order valence-corrected chi connectivity index (χ3v) is 4.13. The lowest BCUT2D eigenvalue weighted by atomic mass is 10.1. The van der Waals surface area contributed by atoms with Gasteiger partial charge in [0.25, 0.3) is 0 Å². The molecule has 0 atom stereocenters. The molecule has 3 rings (SSSR count). The number of nitrogens with one attached hydrogen (secondary N) is 2. The van der Waals surface area contributed by atoms with Crippen LogP contribution in [0.2, 0.25) is 0 Å². The lowest BCUT2D eigenvalue weighted by Crippen LogP contribution is -2.36. The van der Waals surface area contributed by atoms with Gasteiger partial charge in [-0.2, -0.15) is 0 Å². The summed E-state index contributed by atoms with van der Waals surface area (Å²) in [6.45, 7) is 7.74. The number of hydrogen-bond acceptors (Lipinski definition) is 4. The normalized spacial score (nSPS) is 11.0. The van der Waals surface area contributed by atoms with E-state index in [1.54, 1.807) is 6.20 Å². The SMILES string of the molecule is CCNC(=NCc1cccc(-c2ccccn2)c1)NCc1nc(C)c(C)o1.I. The van der Waals surface area contributed by atoms with E-state index in [-0.39, 0.29) is 24.0 Å². The Morgan fingerprint density at radius 2 is 1.96 bits per heavy atom. The van der Waals surface area contributed by atoms with Crippen LogP contribution >= 0.6 is 24.0 Å². The minimum absolute atomic E-state index is 0. The fourth-order valence-electron chi connectivity index (χ4n) is 2.65. The van der Waals surface area contributed by atoms with Crippen LogP contribution in [0.25, 0.3) is 11.3 Å². The summed E-state index contributed by atoms with van der Waals surface area (Å²) in [7, 11) is 0. The van der Waals surface area contributed by atoms with Crippen molar-refractivity contribution in [3.8, 4) is 11.3 Å². The van der Waals surface area contributed by atoms with E-state index in [1.165, 1.54) is 0 Å². The molecule has 0 fully saturated rings. The van der Waals surface area contributed by atoms with E-state index in [1.807, 2.05) is 45.0 Å². The zero-order valence-electron chi connectivity index (χ0n) is 16.4. The second-order valence-corrected chi connectivity index (χ2v) is 6.21. The maximum atomic E-state index is 5.61. The van der Waals surface area contributed by atoms with Gasteiger partial charge in [0.15, 0.2) is 5.96 Å². The van der Waals surface area contributed by atoms with Gasteiger partial charge in [-0.05, 0) is 44.5 Å². The third-order valence-electron chi connectivity index (χ3n) is 4.13. The van der Waals surface area contributed by atoms with Crippen molar-refractivity contribution < 1.29 is 4.42 Å². The summed E-state index contributed by atoms with van der Waals surface area (Å²) in [5.41, 5.74) is 4.09. The van der Waals surface area contributed by atoms with Crippen LogP contribution in [0.4, 0.5) is 0 Å². The molecule has 1 aromatic carbocycles. The molecule has 0 aliphatic carbocycles. The number of halogens is 1. The van der Waals surface area contributed by atoms with Gasteiger partial charge in [-0.3, -0.25) is 4.98 Å². The highest BCUT2D eigenvalue weighted by atomic mass is 127. The van der Waals surface area contributed by atoms with E-state index in [2.05, 4.69) is 43.8 Å². The zero-order chi connectivity index (χ0) is 19.1. The summed E-state index contributed by atoms with van der Waals surface area (Å²) in [6.07, 6.45) is 1.81. The van der Waals surface area contributed by atoms with Gasteiger partial charge in [-0.15, -0.1) is 24.0 Å². The van der Waals surface area contributed by atoms with Crippen LogP contribution in [0, 0.1) is 13.8 Å². The summed E-state index contributed by atoms with van der Waals surface area (Å²) in [5.74, 6) is 2.24. The monoisotopic (exact) mass is 491 g/mol. The largest absolute Gasteiger partial charge is 0.444 e. The van der Waals surface area contributed by atoms with Crippen LogP contribution in [-0.2, 0) is 13.1 Å². The average Bonchev–Trinajstić information content (AvgIpc) is 3.02. The Bertz CT molecular complexity index is 889. The molecule has 2 aromatic heterocycles. The predicted octanol–water partition coefficient (Wildman–Crippen LogP) is 4.23. The van der Waals surface area contributed by atoms with E-state index in [4.69, 9.17) is 4.42 Å². The number of rotatable bonds is 6. The number of benzene rings is 1. The van der Waals surface area contributed by atoms with Gasteiger partial charge in [0.05, 0.1) is 24.5 Å². The Morgan fingerprint density at radius 3 is 2.64 bits per heavy atom. The fraction of sp³-hybridized carbons (Fsp3) is 0.286. The maximum absolute atomic E-state index is 5.61. The smallest absolute Gasteiger partial charge is 0.214 e. The molecule has 0 spiro atoms. The highest BCUT2D eigenvalue weighted by Crippen LogP contribution is 2.18. The molecule has 2 N–H and O–H groups in total. The molecule has 148 valence electrons. The Morgan fingerprint density at radius 1 is 1.11 bits per heavy atom. The van der Waals surface area contributed by atoms with Crippen molar-refractivity contribution in [3.63, 3.8) is 0 Å². The number of aliphatic imine (C=N–C) groups is 1. The van der Waals surface area contributed by atoms with Crippen molar-refractivity contribution in [1.29, 1.82) is 0 Å². The maximum Gasteiger partial charge on any atom is 0.214 e. The molecule has 28 heavy (non-hydrogen) atoms. The molecule has 3 aromatic rings. The molecule has 2 heterocycles. The van der Waals surface area contributed by atoms with Gasteiger partial charge in [-0.25, -0.2) is 9.98 Å². The number of guanidine groups is 1. The minimum Gasteiger partial charge on any atom is -0.444 e. The Balaban J connectivity index is 0.00000280. The molecule has 0 saturated carbocycles. The van der Waals surface area contributed by atoms with Crippen LogP contribution in [0.1, 0.15) is 29.8 Å². The second-order valence-electron chi connectivity index (χ2n) is 6.21. The van der Waals surface area contributed by atoms with Gasteiger partial charge in [0.2, 0.25) is 5.89 Å². The predicted molar refractivity (Wildman–Crippen MR) is 123 cm³/mol. The van der Waals surface area contributed by atoms with Gasteiger partial charge in [0.1, 0.15) is 5.76 Å².